The third-order valence-electron chi connectivity index (χ3n) is 3.36. The highest BCUT2D eigenvalue weighted by Gasteiger charge is 2.38. The van der Waals surface area contributed by atoms with E-state index in [0.717, 1.165) is 12.8 Å². The molecule has 0 aliphatic heterocycles. The van der Waals surface area contributed by atoms with Gasteiger partial charge in [0, 0.05) is 13.0 Å². The quantitative estimate of drug-likeness (QED) is 0.841. The van der Waals surface area contributed by atoms with Crippen molar-refractivity contribution in [3.8, 4) is 0 Å². The predicted octanol–water partition coefficient (Wildman–Crippen LogP) is 4.28. The molecule has 2 rings (SSSR count). The van der Waals surface area contributed by atoms with E-state index in [4.69, 9.17) is 9.90 Å². The predicted molar refractivity (Wildman–Crippen MR) is 89.0 cm³/mol. The Morgan fingerprint density at radius 1 is 1.08 bits per heavy atom. The number of carboxylic acids is 1. The van der Waals surface area contributed by atoms with Crippen LogP contribution in [0.25, 0.3) is 10.8 Å². The second-order valence-electron chi connectivity index (χ2n) is 5.32. The van der Waals surface area contributed by atoms with Gasteiger partial charge in [-0.05, 0) is 22.8 Å². The number of aliphatic carboxylic acids is 1. The molecular weight excluding hydrogens is 335 g/mol. The molecule has 2 aromatic carbocycles. The van der Waals surface area contributed by atoms with Gasteiger partial charge in [-0.3, -0.25) is 4.79 Å². The minimum Gasteiger partial charge on any atom is -0.475 e. The summed E-state index contributed by atoms with van der Waals surface area (Å²) >= 11 is 0. The van der Waals surface area contributed by atoms with Gasteiger partial charge in [-0.15, -0.1) is 0 Å². The standard InChI is InChI=1S/C16H19NO.C2HF3O2/c1-2-3-11-16(18)17-12-14-9-6-8-13-7-4-5-10-15(13)14;3-2(4,5)1(6)7/h4-10H,2-3,11-12H2,1H3,(H,17,18);(H,6,7). The SMILES string of the molecule is CCCCC(=O)NCc1cccc2ccccc12.O=C(O)C(F)(F)F. The average Bonchev–Trinajstić information content (AvgIpc) is 2.57. The van der Waals surface area contributed by atoms with Crippen LogP contribution >= 0.6 is 0 Å². The number of hydrogen-bond donors (Lipinski definition) is 2. The normalized spacial score (nSPS) is 10.7. The summed E-state index contributed by atoms with van der Waals surface area (Å²) in [5.41, 5.74) is 1.18. The highest BCUT2D eigenvalue weighted by Crippen LogP contribution is 2.18. The van der Waals surface area contributed by atoms with Gasteiger partial charge in [-0.1, -0.05) is 55.8 Å². The lowest BCUT2D eigenvalue weighted by Crippen LogP contribution is -2.22. The first-order valence-corrected chi connectivity index (χ1v) is 7.79. The number of carbonyl (C=O) groups excluding carboxylic acids is 1. The van der Waals surface area contributed by atoms with Crippen LogP contribution in [0, 0.1) is 0 Å². The monoisotopic (exact) mass is 355 g/mol. The van der Waals surface area contributed by atoms with Crippen LogP contribution in [-0.2, 0) is 16.1 Å². The van der Waals surface area contributed by atoms with Gasteiger partial charge in [0.25, 0.3) is 0 Å². The Kier molecular flexibility index (Phi) is 7.91. The number of hydrogen-bond acceptors (Lipinski definition) is 2. The van der Waals surface area contributed by atoms with E-state index in [0.29, 0.717) is 13.0 Å². The number of rotatable bonds is 5. The summed E-state index contributed by atoms with van der Waals surface area (Å²) in [7, 11) is 0. The molecule has 0 spiro atoms. The Morgan fingerprint density at radius 2 is 1.68 bits per heavy atom. The number of nitrogens with one attached hydrogen (secondary N) is 1. The Hall–Kier alpha value is -2.57. The van der Waals surface area contributed by atoms with Gasteiger partial charge < -0.3 is 10.4 Å². The Morgan fingerprint density at radius 3 is 2.28 bits per heavy atom. The van der Waals surface area contributed by atoms with E-state index in [1.54, 1.807) is 0 Å². The van der Waals surface area contributed by atoms with Crippen molar-refractivity contribution in [3.05, 3.63) is 48.0 Å². The molecule has 25 heavy (non-hydrogen) atoms. The molecule has 1 amide bonds. The molecule has 136 valence electrons. The van der Waals surface area contributed by atoms with Crippen molar-refractivity contribution in [3.63, 3.8) is 0 Å². The van der Waals surface area contributed by atoms with E-state index in [-0.39, 0.29) is 5.91 Å². The molecule has 4 nitrogen and oxygen atoms in total. The number of alkyl halides is 3. The maximum absolute atomic E-state index is 11.6. The smallest absolute Gasteiger partial charge is 0.475 e. The summed E-state index contributed by atoms with van der Waals surface area (Å²) in [6.07, 6.45) is -2.44. The molecule has 0 aromatic heterocycles. The molecule has 2 N–H and O–H groups in total. The van der Waals surface area contributed by atoms with Gasteiger partial charge in [-0.25, -0.2) is 4.79 Å². The number of fused-ring (bicyclic) bond motifs is 1. The molecule has 0 heterocycles. The van der Waals surface area contributed by atoms with E-state index in [1.165, 1.54) is 16.3 Å². The van der Waals surface area contributed by atoms with Crippen LogP contribution in [0.5, 0.6) is 0 Å². The molecule has 0 fully saturated rings. The van der Waals surface area contributed by atoms with E-state index in [1.807, 2.05) is 18.2 Å². The first-order valence-electron chi connectivity index (χ1n) is 7.79. The van der Waals surface area contributed by atoms with Crippen molar-refractivity contribution in [1.29, 1.82) is 0 Å². The van der Waals surface area contributed by atoms with Gasteiger partial charge in [0.05, 0.1) is 0 Å². The summed E-state index contributed by atoms with van der Waals surface area (Å²) in [5.74, 6) is -2.61. The van der Waals surface area contributed by atoms with Gasteiger partial charge in [0.1, 0.15) is 0 Å². The summed E-state index contributed by atoms with van der Waals surface area (Å²) in [6.45, 7) is 2.71. The van der Waals surface area contributed by atoms with Gasteiger partial charge in [0.2, 0.25) is 5.91 Å². The first-order chi connectivity index (χ1) is 11.8. The number of carbonyl (C=O) groups is 2. The van der Waals surface area contributed by atoms with Crippen LogP contribution in [0.4, 0.5) is 13.2 Å². The molecule has 0 saturated heterocycles. The third-order valence-corrected chi connectivity index (χ3v) is 3.36. The summed E-state index contributed by atoms with van der Waals surface area (Å²) in [4.78, 5) is 20.5. The molecule has 0 saturated carbocycles. The molecule has 7 heteroatoms. The summed E-state index contributed by atoms with van der Waals surface area (Å²) in [6, 6.07) is 14.5. The van der Waals surface area contributed by atoms with Crippen LogP contribution in [-0.4, -0.2) is 23.2 Å². The molecule has 2 aromatic rings. The summed E-state index contributed by atoms with van der Waals surface area (Å²) < 4.78 is 31.7. The highest BCUT2D eigenvalue weighted by atomic mass is 19.4. The van der Waals surface area contributed by atoms with Crippen molar-refractivity contribution < 1.29 is 27.9 Å². The van der Waals surface area contributed by atoms with Crippen LogP contribution < -0.4 is 5.32 Å². The lowest BCUT2D eigenvalue weighted by molar-refractivity contribution is -0.192. The zero-order chi connectivity index (χ0) is 18.9. The minimum absolute atomic E-state index is 0.143. The Bertz CT molecular complexity index is 709. The second-order valence-corrected chi connectivity index (χ2v) is 5.32. The van der Waals surface area contributed by atoms with Crippen LogP contribution in [0.2, 0.25) is 0 Å². The fourth-order valence-corrected chi connectivity index (χ4v) is 2.07. The fourth-order valence-electron chi connectivity index (χ4n) is 2.07. The van der Waals surface area contributed by atoms with Gasteiger partial charge >= 0.3 is 12.1 Å². The van der Waals surface area contributed by atoms with E-state index in [2.05, 4.69) is 36.5 Å². The van der Waals surface area contributed by atoms with Crippen molar-refractivity contribution >= 4 is 22.6 Å². The maximum atomic E-state index is 11.6. The van der Waals surface area contributed by atoms with E-state index in [9.17, 15) is 18.0 Å². The average molecular weight is 355 g/mol. The zero-order valence-corrected chi connectivity index (χ0v) is 13.8. The van der Waals surface area contributed by atoms with Crippen molar-refractivity contribution in [2.75, 3.05) is 0 Å². The number of benzene rings is 2. The minimum atomic E-state index is -5.08. The van der Waals surface area contributed by atoms with Crippen molar-refractivity contribution in [2.24, 2.45) is 0 Å². The number of carboxylic acid groups (broad SMARTS) is 1. The highest BCUT2D eigenvalue weighted by molar-refractivity contribution is 5.86. The molecule has 0 unspecified atom stereocenters. The molecule has 0 atom stereocenters. The maximum Gasteiger partial charge on any atom is 0.490 e. The molecule has 0 radical (unpaired) electrons. The van der Waals surface area contributed by atoms with Gasteiger partial charge in [-0.2, -0.15) is 13.2 Å². The number of amides is 1. The third kappa shape index (κ3) is 7.24. The molecule has 0 aliphatic carbocycles. The Labute approximate surface area is 143 Å². The largest absolute Gasteiger partial charge is 0.490 e. The van der Waals surface area contributed by atoms with Crippen LogP contribution in [0.1, 0.15) is 31.7 Å². The van der Waals surface area contributed by atoms with E-state index >= 15 is 0 Å². The van der Waals surface area contributed by atoms with Crippen LogP contribution in [0.3, 0.4) is 0 Å². The fraction of sp³-hybridized carbons (Fsp3) is 0.333. The molecule has 0 aliphatic rings. The lowest BCUT2D eigenvalue weighted by atomic mass is 10.0. The molecule has 0 bridgehead atoms. The second kappa shape index (κ2) is 9.66. The lowest BCUT2D eigenvalue weighted by Gasteiger charge is -2.08. The van der Waals surface area contributed by atoms with E-state index < -0.39 is 12.1 Å². The number of halogens is 3. The zero-order valence-electron chi connectivity index (χ0n) is 13.8. The van der Waals surface area contributed by atoms with Gasteiger partial charge in [0.15, 0.2) is 0 Å². The number of unbranched alkanes of at least 4 members (excludes halogenated alkanes) is 1. The summed E-state index contributed by atoms with van der Waals surface area (Å²) in [5, 5.41) is 12.6. The first kappa shape index (κ1) is 20.5. The van der Waals surface area contributed by atoms with Crippen molar-refractivity contribution in [2.45, 2.75) is 38.9 Å². The van der Waals surface area contributed by atoms with Crippen molar-refractivity contribution in [1.82, 2.24) is 5.32 Å². The molecular formula is C18H20F3NO3. The Balaban J connectivity index is 0.000000381. The van der Waals surface area contributed by atoms with Crippen LogP contribution in [0.15, 0.2) is 42.5 Å². The topological polar surface area (TPSA) is 66.4 Å².